The van der Waals surface area contributed by atoms with Gasteiger partial charge in [0.15, 0.2) is 23.0 Å². The summed E-state index contributed by atoms with van der Waals surface area (Å²) in [6, 6.07) is 17.1. The molecular weight excluding hydrogens is 482 g/mol. The predicted molar refractivity (Wildman–Crippen MR) is 143 cm³/mol. The summed E-state index contributed by atoms with van der Waals surface area (Å²) in [4.78, 5) is 8.85. The van der Waals surface area contributed by atoms with Crippen LogP contribution in [0.15, 0.2) is 60.9 Å². The molecule has 4 aromatic rings. The first-order valence-corrected chi connectivity index (χ1v) is 11.4. The molecule has 1 heterocycles. The van der Waals surface area contributed by atoms with Crippen molar-refractivity contribution in [2.45, 2.75) is 20.5 Å². The second-order valence-corrected chi connectivity index (χ2v) is 7.50. The van der Waals surface area contributed by atoms with Crippen LogP contribution in [0.3, 0.4) is 0 Å². The number of hydrogen-bond acceptors (Lipinski definition) is 8. The van der Waals surface area contributed by atoms with Crippen molar-refractivity contribution >= 4 is 34.8 Å². The number of para-hydroxylation sites is 1. The van der Waals surface area contributed by atoms with Gasteiger partial charge in [-0.05, 0) is 38.1 Å². The number of fused-ring (bicyclic) bond motifs is 1. The van der Waals surface area contributed by atoms with Crippen molar-refractivity contribution in [3.8, 4) is 28.7 Å². The van der Waals surface area contributed by atoms with Gasteiger partial charge in [-0.1, -0.05) is 18.2 Å². The molecule has 0 bridgehead atoms. The zero-order chi connectivity index (χ0) is 24.6. The Kier molecular flexibility index (Phi) is 9.41. The third-order valence-corrected chi connectivity index (χ3v) is 5.30. The molecule has 3 aromatic carbocycles. The van der Waals surface area contributed by atoms with Crippen LogP contribution in [0.5, 0.6) is 28.7 Å². The van der Waals surface area contributed by atoms with Gasteiger partial charge < -0.3 is 29.0 Å². The lowest BCUT2D eigenvalue weighted by atomic mass is 10.2. The van der Waals surface area contributed by atoms with Gasteiger partial charge in [0.25, 0.3) is 0 Å². The van der Waals surface area contributed by atoms with Gasteiger partial charge in [-0.15, -0.1) is 12.4 Å². The summed E-state index contributed by atoms with van der Waals surface area (Å²) in [6.45, 7) is 5.28. The highest BCUT2D eigenvalue weighted by atomic mass is 35.5. The smallest absolute Gasteiger partial charge is 0.163 e. The Morgan fingerprint density at radius 2 is 1.44 bits per heavy atom. The molecule has 0 fully saturated rings. The highest BCUT2D eigenvalue weighted by molar-refractivity contribution is 5.93. The summed E-state index contributed by atoms with van der Waals surface area (Å²) in [5, 5.41) is 4.17. The molecule has 0 aliphatic heterocycles. The number of methoxy groups -OCH3 is 2. The van der Waals surface area contributed by atoms with E-state index in [1.165, 1.54) is 6.33 Å². The summed E-state index contributed by atoms with van der Waals surface area (Å²) in [6.07, 6.45) is 1.52. The van der Waals surface area contributed by atoms with Crippen molar-refractivity contribution in [2.75, 3.05) is 32.8 Å². The Balaban J connectivity index is 0.00000361. The number of ether oxygens (including phenoxy) is 5. The molecule has 4 rings (SSSR count). The molecule has 0 unspecified atom stereocenters. The highest BCUT2D eigenvalue weighted by Gasteiger charge is 2.14. The molecule has 1 aromatic heterocycles. The molecule has 36 heavy (non-hydrogen) atoms. The van der Waals surface area contributed by atoms with Gasteiger partial charge in [0.1, 0.15) is 24.5 Å². The molecule has 9 heteroatoms. The van der Waals surface area contributed by atoms with Crippen LogP contribution in [-0.4, -0.2) is 37.4 Å². The van der Waals surface area contributed by atoms with Crippen LogP contribution in [-0.2, 0) is 6.61 Å². The maximum absolute atomic E-state index is 6.02. The predicted octanol–water partition coefficient (Wildman–Crippen LogP) is 6.19. The number of anilines is 2. The molecule has 0 aliphatic carbocycles. The first-order chi connectivity index (χ1) is 17.2. The third-order valence-electron chi connectivity index (χ3n) is 5.30. The van der Waals surface area contributed by atoms with Crippen LogP contribution in [0.2, 0.25) is 0 Å². The number of nitrogens with zero attached hydrogens (tertiary/aromatic N) is 2. The quantitative estimate of drug-likeness (QED) is 0.255. The lowest BCUT2D eigenvalue weighted by Crippen LogP contribution is -2.02. The molecule has 8 nitrogen and oxygen atoms in total. The number of rotatable bonds is 11. The molecular formula is C27H30ClN3O5. The summed E-state index contributed by atoms with van der Waals surface area (Å²) < 4.78 is 28.5. The summed E-state index contributed by atoms with van der Waals surface area (Å²) >= 11 is 0. The van der Waals surface area contributed by atoms with E-state index in [1.54, 1.807) is 14.2 Å². The zero-order valence-corrected chi connectivity index (χ0v) is 21.6. The molecule has 0 spiro atoms. The first kappa shape index (κ1) is 26.7. The van der Waals surface area contributed by atoms with E-state index < -0.39 is 0 Å². The van der Waals surface area contributed by atoms with Crippen molar-refractivity contribution in [3.05, 3.63) is 66.5 Å². The summed E-state index contributed by atoms with van der Waals surface area (Å²) in [5.74, 6) is 3.94. The number of hydrogen-bond donors (Lipinski definition) is 1. The molecule has 0 amide bonds. The van der Waals surface area contributed by atoms with Crippen LogP contribution in [0.25, 0.3) is 10.9 Å². The van der Waals surface area contributed by atoms with E-state index in [2.05, 4.69) is 15.3 Å². The zero-order valence-electron chi connectivity index (χ0n) is 20.7. The average molecular weight is 512 g/mol. The number of nitrogens with one attached hydrogen (secondary N) is 1. The molecule has 1 N–H and O–H groups in total. The van der Waals surface area contributed by atoms with Crippen molar-refractivity contribution in [3.63, 3.8) is 0 Å². The van der Waals surface area contributed by atoms with Crippen LogP contribution in [0, 0.1) is 0 Å². The minimum Gasteiger partial charge on any atom is -0.496 e. The molecule has 0 aliphatic rings. The van der Waals surface area contributed by atoms with E-state index in [-0.39, 0.29) is 12.4 Å². The normalized spacial score (nSPS) is 10.3. The van der Waals surface area contributed by atoms with Crippen LogP contribution < -0.4 is 29.0 Å². The summed E-state index contributed by atoms with van der Waals surface area (Å²) in [7, 11) is 3.25. The molecule has 0 radical (unpaired) electrons. The standard InChI is InChI=1S/C27H29N3O5.ClH/c1-5-33-25-14-20-21(15-26(25)34-6-2)28-17-29-27(20)30-19-11-12-23(24(13-19)32-4)35-16-18-9-7-8-10-22(18)31-3;/h7-15,17H,5-6,16H2,1-4H3,(H,28,29,30);1H. The number of aromatic nitrogens is 2. The maximum atomic E-state index is 6.02. The van der Waals surface area contributed by atoms with E-state index in [4.69, 9.17) is 23.7 Å². The summed E-state index contributed by atoms with van der Waals surface area (Å²) in [5.41, 5.74) is 2.49. The van der Waals surface area contributed by atoms with E-state index in [9.17, 15) is 0 Å². The number of halogens is 1. The lowest BCUT2D eigenvalue weighted by molar-refractivity contribution is 0.278. The van der Waals surface area contributed by atoms with Crippen LogP contribution in [0.4, 0.5) is 11.5 Å². The van der Waals surface area contributed by atoms with E-state index in [0.717, 1.165) is 27.9 Å². The Hall–Kier alpha value is -3.91. The maximum Gasteiger partial charge on any atom is 0.163 e. The van der Waals surface area contributed by atoms with Crippen LogP contribution >= 0.6 is 12.4 Å². The minimum absolute atomic E-state index is 0. The monoisotopic (exact) mass is 511 g/mol. The van der Waals surface area contributed by atoms with Gasteiger partial charge in [-0.3, -0.25) is 0 Å². The highest BCUT2D eigenvalue weighted by Crippen LogP contribution is 2.37. The van der Waals surface area contributed by atoms with Crippen molar-refractivity contribution in [1.29, 1.82) is 0 Å². The van der Waals surface area contributed by atoms with Gasteiger partial charge in [0.05, 0.1) is 33.0 Å². The van der Waals surface area contributed by atoms with E-state index in [0.29, 0.717) is 48.6 Å². The molecule has 0 saturated heterocycles. The minimum atomic E-state index is 0. The fourth-order valence-electron chi connectivity index (χ4n) is 3.68. The second-order valence-electron chi connectivity index (χ2n) is 7.50. The molecule has 0 saturated carbocycles. The second kappa shape index (κ2) is 12.7. The molecule has 0 atom stereocenters. The fourth-order valence-corrected chi connectivity index (χ4v) is 3.68. The lowest BCUT2D eigenvalue weighted by Gasteiger charge is -2.16. The van der Waals surface area contributed by atoms with Gasteiger partial charge in [-0.25, -0.2) is 9.97 Å². The topological polar surface area (TPSA) is 84.0 Å². The van der Waals surface area contributed by atoms with E-state index in [1.807, 2.05) is 68.4 Å². The largest absolute Gasteiger partial charge is 0.496 e. The van der Waals surface area contributed by atoms with Crippen molar-refractivity contribution in [2.24, 2.45) is 0 Å². The SMILES string of the molecule is CCOc1cc2ncnc(Nc3ccc(OCc4ccccc4OC)c(OC)c3)c2cc1OCC.Cl. The Morgan fingerprint density at radius 1 is 0.722 bits per heavy atom. The Bertz CT molecular complexity index is 1300. The van der Waals surface area contributed by atoms with Crippen molar-refractivity contribution < 1.29 is 23.7 Å². The van der Waals surface area contributed by atoms with Gasteiger partial charge in [0, 0.05) is 28.8 Å². The molecule has 190 valence electrons. The van der Waals surface area contributed by atoms with E-state index >= 15 is 0 Å². The third kappa shape index (κ3) is 6.01. The van der Waals surface area contributed by atoms with Crippen molar-refractivity contribution in [1.82, 2.24) is 9.97 Å². The average Bonchev–Trinajstić information content (AvgIpc) is 2.89. The Labute approximate surface area is 216 Å². The first-order valence-electron chi connectivity index (χ1n) is 11.4. The van der Waals surface area contributed by atoms with Gasteiger partial charge in [0.2, 0.25) is 0 Å². The Morgan fingerprint density at radius 3 is 2.17 bits per heavy atom. The van der Waals surface area contributed by atoms with Gasteiger partial charge >= 0.3 is 0 Å². The number of benzene rings is 3. The van der Waals surface area contributed by atoms with Crippen LogP contribution in [0.1, 0.15) is 19.4 Å². The van der Waals surface area contributed by atoms with Gasteiger partial charge in [-0.2, -0.15) is 0 Å². The fraction of sp³-hybridized carbons (Fsp3) is 0.259.